The second-order valence-electron chi connectivity index (χ2n) is 10.0. The van der Waals surface area contributed by atoms with Crippen molar-refractivity contribution in [2.24, 2.45) is 11.3 Å². The number of imidazole rings is 1. The van der Waals surface area contributed by atoms with Crippen molar-refractivity contribution in [3.8, 4) is 0 Å². The summed E-state index contributed by atoms with van der Waals surface area (Å²) in [5.74, 6) is 0.524. The number of hydrogen-bond acceptors (Lipinski definition) is 8. The smallest absolute Gasteiger partial charge is 0.313 e. The van der Waals surface area contributed by atoms with Crippen LogP contribution in [0.2, 0.25) is 0 Å². The monoisotopic (exact) mass is 505 g/mol. The van der Waals surface area contributed by atoms with E-state index in [4.69, 9.17) is 15.1 Å². The van der Waals surface area contributed by atoms with E-state index in [1.165, 1.54) is 17.4 Å². The number of nitrogens with zero attached hydrogens (tertiary/aromatic N) is 3. The second kappa shape index (κ2) is 9.91. The number of esters is 1. The molecular formula is C27H35N7O3. The molecule has 1 aromatic rings. The van der Waals surface area contributed by atoms with Gasteiger partial charge in [0.15, 0.2) is 12.1 Å². The maximum Gasteiger partial charge on any atom is 0.313 e. The molecule has 4 N–H and O–H groups in total. The van der Waals surface area contributed by atoms with E-state index in [9.17, 15) is 9.59 Å². The molecule has 10 heteroatoms. The number of amides is 1. The van der Waals surface area contributed by atoms with E-state index in [1.807, 2.05) is 43.3 Å². The normalized spacial score (nSPS) is 23.5. The zero-order valence-electron chi connectivity index (χ0n) is 21.6. The SMILES string of the molecule is CCCN1C(=O)c2[nH]c(/C(C=N)=C/NCC3(C4=C(C)C=CC(C(=O)OCC)C4)CC3)nc2N2C=CNC12. The van der Waals surface area contributed by atoms with Gasteiger partial charge in [0.2, 0.25) is 0 Å². The van der Waals surface area contributed by atoms with Crippen LogP contribution in [-0.2, 0) is 9.53 Å². The molecule has 1 amide bonds. The molecule has 196 valence electrons. The van der Waals surface area contributed by atoms with Crippen molar-refractivity contribution in [2.75, 3.05) is 24.6 Å². The lowest BCUT2D eigenvalue weighted by Gasteiger charge is -2.38. The minimum atomic E-state index is -0.282. The number of ether oxygens (including phenoxy) is 1. The molecule has 0 bridgehead atoms. The molecule has 0 spiro atoms. The number of anilines is 1. The molecule has 2 aliphatic heterocycles. The van der Waals surface area contributed by atoms with Crippen LogP contribution in [0.25, 0.3) is 5.57 Å². The maximum absolute atomic E-state index is 13.2. The van der Waals surface area contributed by atoms with Crippen molar-refractivity contribution in [2.45, 2.75) is 52.7 Å². The third-order valence-corrected chi connectivity index (χ3v) is 7.60. The molecule has 2 unspecified atom stereocenters. The lowest BCUT2D eigenvalue weighted by Crippen LogP contribution is -2.56. The first kappa shape index (κ1) is 24.9. The van der Waals surface area contributed by atoms with Gasteiger partial charge in [0.25, 0.3) is 5.91 Å². The average molecular weight is 506 g/mol. The molecule has 37 heavy (non-hydrogen) atoms. The summed E-state index contributed by atoms with van der Waals surface area (Å²) < 4.78 is 5.25. The highest BCUT2D eigenvalue weighted by atomic mass is 16.5. The van der Waals surface area contributed by atoms with E-state index >= 15 is 0 Å². The number of nitrogens with one attached hydrogen (secondary N) is 4. The van der Waals surface area contributed by atoms with Gasteiger partial charge < -0.3 is 25.8 Å². The molecule has 4 aliphatic rings. The van der Waals surface area contributed by atoms with Crippen molar-refractivity contribution in [3.05, 3.63) is 53.4 Å². The maximum atomic E-state index is 13.2. The summed E-state index contributed by atoms with van der Waals surface area (Å²) in [6.45, 7) is 7.68. The Labute approximate surface area is 217 Å². The summed E-state index contributed by atoms with van der Waals surface area (Å²) in [5.41, 5.74) is 3.51. The standard InChI is InChI=1S/C27H35N7O3/c1-4-11-34-24(35)21-23(33-12-10-30-26(33)34)32-22(31-21)19(14-28)15-29-16-27(8-9-27)20-13-18(7-6-17(20)3)25(36)37-5-2/h6-7,10,12,14-15,18,26,28-30H,4-5,8-9,11,13,16H2,1-3H3,(H,31,32)/b19-15+,28-14?. The van der Waals surface area contributed by atoms with E-state index in [1.54, 1.807) is 11.1 Å². The fourth-order valence-electron chi connectivity index (χ4n) is 5.48. The van der Waals surface area contributed by atoms with Crippen LogP contribution in [0.5, 0.6) is 0 Å². The van der Waals surface area contributed by atoms with Gasteiger partial charge in [-0.1, -0.05) is 30.2 Å². The summed E-state index contributed by atoms with van der Waals surface area (Å²) >= 11 is 0. The Hall–Kier alpha value is -3.82. The molecule has 1 saturated carbocycles. The highest BCUT2D eigenvalue weighted by molar-refractivity contribution is 6.08. The number of allylic oxidation sites excluding steroid dienone is 3. The first-order valence-electron chi connectivity index (χ1n) is 13.0. The quantitative estimate of drug-likeness (QED) is 0.284. The fraction of sp³-hybridized carbons (Fsp3) is 0.481. The van der Waals surface area contributed by atoms with Crippen molar-refractivity contribution in [1.29, 1.82) is 5.41 Å². The van der Waals surface area contributed by atoms with E-state index in [2.05, 4.69) is 22.5 Å². The van der Waals surface area contributed by atoms with E-state index in [0.29, 0.717) is 49.0 Å². The van der Waals surface area contributed by atoms with E-state index in [-0.39, 0.29) is 29.5 Å². The predicted molar refractivity (Wildman–Crippen MR) is 141 cm³/mol. The summed E-state index contributed by atoms with van der Waals surface area (Å²) in [6.07, 6.45) is 14.1. The summed E-state index contributed by atoms with van der Waals surface area (Å²) in [6, 6.07) is 0. The highest BCUT2D eigenvalue weighted by Crippen LogP contribution is 2.55. The minimum absolute atomic E-state index is 0.00147. The molecule has 2 aliphatic carbocycles. The van der Waals surface area contributed by atoms with E-state index in [0.717, 1.165) is 19.3 Å². The van der Waals surface area contributed by atoms with Gasteiger partial charge in [0.1, 0.15) is 11.5 Å². The van der Waals surface area contributed by atoms with Crippen LogP contribution in [0.15, 0.2) is 41.9 Å². The van der Waals surface area contributed by atoms with Gasteiger partial charge >= 0.3 is 5.97 Å². The Kier molecular flexibility index (Phi) is 6.66. The lowest BCUT2D eigenvalue weighted by molar-refractivity contribution is -0.146. The van der Waals surface area contributed by atoms with Gasteiger partial charge in [-0.3, -0.25) is 19.4 Å². The number of H-pyrrole nitrogens is 1. The van der Waals surface area contributed by atoms with E-state index < -0.39 is 0 Å². The van der Waals surface area contributed by atoms with Gasteiger partial charge in [-0.05, 0) is 39.5 Å². The number of rotatable bonds is 10. The van der Waals surface area contributed by atoms with Crippen LogP contribution < -0.4 is 15.5 Å². The summed E-state index contributed by atoms with van der Waals surface area (Å²) in [4.78, 5) is 37.1. The van der Waals surface area contributed by atoms with Crippen LogP contribution in [0, 0.1) is 16.7 Å². The van der Waals surface area contributed by atoms with Gasteiger partial charge in [-0.25, -0.2) is 4.98 Å². The zero-order valence-corrected chi connectivity index (χ0v) is 21.6. The molecular weight excluding hydrogens is 470 g/mol. The number of carbonyl (C=O) groups is 2. The van der Waals surface area contributed by atoms with Gasteiger partial charge in [0.05, 0.1) is 18.1 Å². The lowest BCUT2D eigenvalue weighted by atomic mass is 9.81. The Balaban J connectivity index is 1.32. The number of aromatic amines is 1. The van der Waals surface area contributed by atoms with Crippen molar-refractivity contribution in [3.63, 3.8) is 0 Å². The van der Waals surface area contributed by atoms with Crippen LogP contribution in [0.4, 0.5) is 5.82 Å². The average Bonchev–Trinajstić information content (AvgIpc) is 3.29. The number of fused-ring (bicyclic) bond motifs is 3. The Bertz CT molecular complexity index is 1220. The van der Waals surface area contributed by atoms with Gasteiger partial charge in [-0.15, -0.1) is 0 Å². The molecule has 5 rings (SSSR count). The summed E-state index contributed by atoms with van der Waals surface area (Å²) in [7, 11) is 0. The predicted octanol–water partition coefficient (Wildman–Crippen LogP) is 3.26. The third-order valence-electron chi connectivity index (χ3n) is 7.60. The Morgan fingerprint density at radius 3 is 2.89 bits per heavy atom. The molecule has 2 atom stereocenters. The number of aromatic nitrogens is 2. The molecule has 10 nitrogen and oxygen atoms in total. The van der Waals surface area contributed by atoms with Crippen molar-refractivity contribution in [1.82, 2.24) is 25.5 Å². The van der Waals surface area contributed by atoms with Crippen LogP contribution >= 0.6 is 0 Å². The van der Waals surface area contributed by atoms with Gasteiger partial charge in [0, 0.05) is 43.3 Å². The zero-order chi connectivity index (χ0) is 26.2. The van der Waals surface area contributed by atoms with Gasteiger partial charge in [-0.2, -0.15) is 0 Å². The number of hydrogen-bond donors (Lipinski definition) is 4. The summed E-state index contributed by atoms with van der Waals surface area (Å²) in [5, 5.41) is 14.6. The Morgan fingerprint density at radius 1 is 1.38 bits per heavy atom. The largest absolute Gasteiger partial charge is 0.466 e. The van der Waals surface area contributed by atoms with Crippen LogP contribution in [0.3, 0.4) is 0 Å². The topological polar surface area (TPSA) is 126 Å². The second-order valence-corrected chi connectivity index (χ2v) is 10.0. The molecule has 3 heterocycles. The van der Waals surface area contributed by atoms with Crippen molar-refractivity contribution < 1.29 is 14.3 Å². The van der Waals surface area contributed by atoms with Crippen LogP contribution in [0.1, 0.15) is 62.8 Å². The molecule has 0 saturated heterocycles. The third kappa shape index (κ3) is 4.45. The molecule has 1 fully saturated rings. The highest BCUT2D eigenvalue weighted by Gasteiger charge is 2.47. The Morgan fingerprint density at radius 2 is 2.19 bits per heavy atom. The van der Waals surface area contributed by atoms with Crippen LogP contribution in [-0.4, -0.2) is 58.9 Å². The first-order valence-corrected chi connectivity index (χ1v) is 13.0. The molecule has 0 radical (unpaired) electrons. The van der Waals surface area contributed by atoms with Crippen molar-refractivity contribution >= 4 is 29.5 Å². The first-order chi connectivity index (χ1) is 17.9. The molecule has 0 aromatic carbocycles. The minimum Gasteiger partial charge on any atom is -0.466 e. The fourth-order valence-corrected chi connectivity index (χ4v) is 5.48. The molecule has 1 aromatic heterocycles. The number of carbonyl (C=O) groups excluding carboxylic acids is 2.